The molecule has 0 unspecified atom stereocenters. The maximum Gasteiger partial charge on any atom is 0.289 e. The molecule has 2 aromatic carbocycles. The van der Waals surface area contributed by atoms with Crippen LogP contribution in [0.1, 0.15) is 65.4 Å². The van der Waals surface area contributed by atoms with Gasteiger partial charge in [0.05, 0.1) is 5.69 Å². The minimum absolute atomic E-state index is 0.179. The van der Waals surface area contributed by atoms with Gasteiger partial charge < -0.3 is 14.7 Å². The Morgan fingerprint density at radius 2 is 1.81 bits per heavy atom. The number of amides is 1. The van der Waals surface area contributed by atoms with Crippen molar-refractivity contribution in [3.05, 3.63) is 89.3 Å². The van der Waals surface area contributed by atoms with Crippen LogP contribution in [0.25, 0.3) is 0 Å². The SMILES string of the molecule is CCCNC(=O)c1cc([C@H]2CCCN(CC(c3ccccc3)c3ccccc3)C2)no1. The van der Waals surface area contributed by atoms with Crippen LogP contribution in [0.15, 0.2) is 71.3 Å². The van der Waals surface area contributed by atoms with E-state index in [1.165, 1.54) is 11.1 Å². The highest BCUT2D eigenvalue weighted by molar-refractivity contribution is 5.91. The molecule has 0 spiro atoms. The predicted molar refractivity (Wildman–Crippen MR) is 122 cm³/mol. The van der Waals surface area contributed by atoms with Crippen molar-refractivity contribution in [2.75, 3.05) is 26.2 Å². The van der Waals surface area contributed by atoms with Gasteiger partial charge >= 0.3 is 0 Å². The van der Waals surface area contributed by atoms with Crippen molar-refractivity contribution in [2.45, 2.75) is 38.0 Å². The Kier molecular flexibility index (Phi) is 7.15. The summed E-state index contributed by atoms with van der Waals surface area (Å²) in [6, 6.07) is 23.3. The summed E-state index contributed by atoms with van der Waals surface area (Å²) >= 11 is 0. The van der Waals surface area contributed by atoms with Gasteiger partial charge in [0.15, 0.2) is 0 Å². The molecule has 1 atom stereocenters. The summed E-state index contributed by atoms with van der Waals surface area (Å²) in [7, 11) is 0. The quantitative estimate of drug-likeness (QED) is 0.571. The summed E-state index contributed by atoms with van der Waals surface area (Å²) in [5.41, 5.74) is 3.57. The van der Waals surface area contributed by atoms with Gasteiger partial charge in [-0.3, -0.25) is 4.79 Å². The maximum atomic E-state index is 12.2. The lowest BCUT2D eigenvalue weighted by molar-refractivity contribution is 0.0916. The standard InChI is InChI=1S/C26H31N3O2/c1-2-15-27-26(30)25-17-24(28-31-25)22-14-9-16-29(18-22)19-23(20-10-5-3-6-11-20)21-12-7-4-8-13-21/h3-8,10-13,17,22-23H,2,9,14-16,18-19H2,1H3,(H,27,30)/t22-/m0/s1. The van der Waals surface area contributed by atoms with E-state index in [2.05, 4.69) is 76.0 Å². The number of carbonyl (C=O) groups excluding carboxylic acids is 1. The highest BCUT2D eigenvalue weighted by Crippen LogP contribution is 2.31. The van der Waals surface area contributed by atoms with Crippen LogP contribution >= 0.6 is 0 Å². The second-order valence-electron chi connectivity index (χ2n) is 8.34. The van der Waals surface area contributed by atoms with Gasteiger partial charge in [0.2, 0.25) is 5.76 Å². The van der Waals surface area contributed by atoms with E-state index < -0.39 is 0 Å². The fourth-order valence-corrected chi connectivity index (χ4v) is 4.41. The maximum absolute atomic E-state index is 12.2. The third-order valence-electron chi connectivity index (χ3n) is 6.06. The molecule has 2 heterocycles. The summed E-state index contributed by atoms with van der Waals surface area (Å²) in [5.74, 6) is 0.750. The minimum Gasteiger partial charge on any atom is -0.351 e. The van der Waals surface area contributed by atoms with Crippen molar-refractivity contribution >= 4 is 5.91 Å². The van der Waals surface area contributed by atoms with E-state index in [1.54, 1.807) is 0 Å². The zero-order chi connectivity index (χ0) is 21.5. The fourth-order valence-electron chi connectivity index (χ4n) is 4.41. The molecule has 1 fully saturated rings. The van der Waals surface area contributed by atoms with E-state index in [0.717, 1.165) is 44.6 Å². The Morgan fingerprint density at radius 3 is 2.45 bits per heavy atom. The molecule has 5 nitrogen and oxygen atoms in total. The number of rotatable bonds is 8. The van der Waals surface area contributed by atoms with Crippen LogP contribution in [0.4, 0.5) is 0 Å². The van der Waals surface area contributed by atoms with Gasteiger partial charge in [0.25, 0.3) is 5.91 Å². The van der Waals surface area contributed by atoms with E-state index in [-0.39, 0.29) is 11.8 Å². The average molecular weight is 418 g/mol. The first-order valence-electron chi connectivity index (χ1n) is 11.3. The monoisotopic (exact) mass is 417 g/mol. The smallest absolute Gasteiger partial charge is 0.289 e. The van der Waals surface area contributed by atoms with E-state index >= 15 is 0 Å². The number of aromatic nitrogens is 1. The van der Waals surface area contributed by atoms with Crippen LogP contribution in [0, 0.1) is 0 Å². The lowest BCUT2D eigenvalue weighted by Crippen LogP contribution is -2.37. The van der Waals surface area contributed by atoms with Crippen molar-refractivity contribution in [3.8, 4) is 0 Å². The summed E-state index contributed by atoms with van der Waals surface area (Å²) < 4.78 is 5.35. The van der Waals surface area contributed by atoms with Crippen LogP contribution in [-0.4, -0.2) is 42.1 Å². The first kappa shape index (κ1) is 21.3. The van der Waals surface area contributed by atoms with Crippen molar-refractivity contribution < 1.29 is 9.32 Å². The molecular weight excluding hydrogens is 386 g/mol. The van der Waals surface area contributed by atoms with Crippen molar-refractivity contribution in [2.24, 2.45) is 0 Å². The Hall–Kier alpha value is -2.92. The van der Waals surface area contributed by atoms with Crippen molar-refractivity contribution in [3.63, 3.8) is 0 Å². The largest absolute Gasteiger partial charge is 0.351 e. The second kappa shape index (κ2) is 10.4. The number of carbonyl (C=O) groups is 1. The highest BCUT2D eigenvalue weighted by Gasteiger charge is 2.27. The molecule has 0 aliphatic carbocycles. The van der Waals surface area contributed by atoms with E-state index in [1.807, 2.05) is 13.0 Å². The molecule has 0 radical (unpaired) electrons. The molecule has 31 heavy (non-hydrogen) atoms. The number of nitrogens with one attached hydrogen (secondary N) is 1. The van der Waals surface area contributed by atoms with Gasteiger partial charge in [-0.25, -0.2) is 0 Å². The second-order valence-corrected chi connectivity index (χ2v) is 8.34. The zero-order valence-electron chi connectivity index (χ0n) is 18.2. The molecular formula is C26H31N3O2. The molecule has 5 heteroatoms. The van der Waals surface area contributed by atoms with Crippen LogP contribution in [0.5, 0.6) is 0 Å². The van der Waals surface area contributed by atoms with Gasteiger partial charge in [0.1, 0.15) is 0 Å². The third kappa shape index (κ3) is 5.42. The molecule has 162 valence electrons. The zero-order valence-corrected chi connectivity index (χ0v) is 18.2. The lowest BCUT2D eigenvalue weighted by Gasteiger charge is -2.34. The number of hydrogen-bond donors (Lipinski definition) is 1. The van der Waals surface area contributed by atoms with Crippen molar-refractivity contribution in [1.82, 2.24) is 15.4 Å². The van der Waals surface area contributed by atoms with Gasteiger partial charge in [-0.15, -0.1) is 0 Å². The molecule has 3 aromatic rings. The van der Waals surface area contributed by atoms with Crippen LogP contribution in [0.3, 0.4) is 0 Å². The Labute approximate surface area is 184 Å². The molecule has 1 aromatic heterocycles. The minimum atomic E-state index is -0.179. The van der Waals surface area contributed by atoms with E-state index in [0.29, 0.717) is 18.2 Å². The third-order valence-corrected chi connectivity index (χ3v) is 6.06. The van der Waals surface area contributed by atoms with Gasteiger partial charge in [-0.05, 0) is 36.9 Å². The Morgan fingerprint density at radius 1 is 1.13 bits per heavy atom. The Balaban J connectivity index is 1.46. The van der Waals surface area contributed by atoms with Crippen LogP contribution in [-0.2, 0) is 0 Å². The number of likely N-dealkylation sites (tertiary alicyclic amines) is 1. The van der Waals surface area contributed by atoms with E-state index in [9.17, 15) is 4.79 Å². The summed E-state index contributed by atoms with van der Waals surface area (Å²) in [6.45, 7) is 5.65. The molecule has 4 rings (SSSR count). The number of benzene rings is 2. The first-order chi connectivity index (χ1) is 15.2. The number of hydrogen-bond acceptors (Lipinski definition) is 4. The molecule has 1 N–H and O–H groups in total. The molecule has 1 amide bonds. The molecule has 1 aliphatic heterocycles. The molecule has 1 aliphatic rings. The lowest BCUT2D eigenvalue weighted by atomic mass is 9.88. The predicted octanol–water partition coefficient (Wildman–Crippen LogP) is 4.83. The average Bonchev–Trinajstić information content (AvgIpc) is 3.33. The summed E-state index contributed by atoms with van der Waals surface area (Å²) in [5, 5.41) is 7.09. The molecule has 0 bridgehead atoms. The Bertz CT molecular complexity index is 916. The molecule has 1 saturated heterocycles. The number of piperidine rings is 1. The normalized spacial score (nSPS) is 17.0. The van der Waals surface area contributed by atoms with Crippen molar-refractivity contribution in [1.29, 1.82) is 0 Å². The summed E-state index contributed by atoms with van der Waals surface area (Å²) in [6.07, 6.45) is 3.08. The van der Waals surface area contributed by atoms with Gasteiger partial charge in [0, 0.05) is 37.5 Å². The topological polar surface area (TPSA) is 58.4 Å². The van der Waals surface area contributed by atoms with E-state index in [4.69, 9.17) is 4.52 Å². The van der Waals surface area contributed by atoms with Crippen LogP contribution < -0.4 is 5.32 Å². The highest BCUT2D eigenvalue weighted by atomic mass is 16.5. The van der Waals surface area contributed by atoms with Gasteiger partial charge in [-0.2, -0.15) is 0 Å². The first-order valence-corrected chi connectivity index (χ1v) is 11.3. The summed E-state index contributed by atoms with van der Waals surface area (Å²) in [4.78, 5) is 14.7. The molecule has 0 saturated carbocycles. The van der Waals surface area contributed by atoms with Crippen LogP contribution in [0.2, 0.25) is 0 Å². The fraction of sp³-hybridized carbons (Fsp3) is 0.385. The number of nitrogens with zero attached hydrogens (tertiary/aromatic N) is 2. The van der Waals surface area contributed by atoms with Gasteiger partial charge in [-0.1, -0.05) is 72.7 Å².